The van der Waals surface area contributed by atoms with Crippen LogP contribution in [0.5, 0.6) is 0 Å². The van der Waals surface area contributed by atoms with Crippen LogP contribution in [0, 0.1) is 18.7 Å². The number of anilines is 1. The number of rotatable bonds is 4. The van der Waals surface area contributed by atoms with Gasteiger partial charge in [-0.05, 0) is 56.2 Å². The van der Waals surface area contributed by atoms with Crippen molar-refractivity contribution in [1.82, 2.24) is 9.21 Å². The van der Waals surface area contributed by atoms with E-state index in [1.807, 2.05) is 11.8 Å². The lowest BCUT2D eigenvalue weighted by Crippen LogP contribution is -2.53. The molecule has 0 bridgehead atoms. The lowest BCUT2D eigenvalue weighted by molar-refractivity contribution is -0.137. The summed E-state index contributed by atoms with van der Waals surface area (Å²) in [6.45, 7) is 5.10. The highest BCUT2D eigenvalue weighted by Gasteiger charge is 2.35. The van der Waals surface area contributed by atoms with Gasteiger partial charge < -0.3 is 9.80 Å². The van der Waals surface area contributed by atoms with Crippen molar-refractivity contribution in [1.29, 1.82) is 0 Å². The van der Waals surface area contributed by atoms with E-state index in [2.05, 4.69) is 4.90 Å². The number of piperazine rings is 1. The first-order chi connectivity index (χ1) is 14.8. The van der Waals surface area contributed by atoms with Gasteiger partial charge in [0.15, 0.2) is 0 Å². The fourth-order valence-electron chi connectivity index (χ4n) is 4.32. The van der Waals surface area contributed by atoms with E-state index in [-0.39, 0.29) is 29.1 Å². The molecule has 31 heavy (non-hydrogen) atoms. The molecule has 2 aliphatic heterocycles. The normalized spacial score (nSPS) is 20.6. The van der Waals surface area contributed by atoms with Crippen molar-refractivity contribution in [2.24, 2.45) is 5.92 Å². The number of aryl methyl sites for hydroxylation is 1. The van der Waals surface area contributed by atoms with Crippen molar-refractivity contribution in [3.63, 3.8) is 0 Å². The number of amides is 1. The molecule has 2 heterocycles. The summed E-state index contributed by atoms with van der Waals surface area (Å²) >= 11 is 0. The summed E-state index contributed by atoms with van der Waals surface area (Å²) < 4.78 is 40.7. The first-order valence-electron chi connectivity index (χ1n) is 10.7. The highest BCUT2D eigenvalue weighted by Crippen LogP contribution is 2.26. The predicted octanol–water partition coefficient (Wildman–Crippen LogP) is 2.88. The van der Waals surface area contributed by atoms with Gasteiger partial charge in [0.05, 0.1) is 10.8 Å². The minimum Gasteiger partial charge on any atom is -0.368 e. The van der Waals surface area contributed by atoms with Crippen LogP contribution in [-0.4, -0.2) is 62.8 Å². The van der Waals surface area contributed by atoms with E-state index in [9.17, 15) is 17.6 Å². The Morgan fingerprint density at radius 3 is 2.23 bits per heavy atom. The molecular weight excluding hydrogens is 417 g/mol. The topological polar surface area (TPSA) is 60.9 Å². The second-order valence-electron chi connectivity index (χ2n) is 8.30. The minimum absolute atomic E-state index is 0.0302. The Hall–Kier alpha value is -2.45. The van der Waals surface area contributed by atoms with Crippen molar-refractivity contribution < 1.29 is 17.6 Å². The third-order valence-corrected chi connectivity index (χ3v) is 8.05. The molecule has 4 rings (SSSR count). The Kier molecular flexibility index (Phi) is 6.29. The Morgan fingerprint density at radius 2 is 1.58 bits per heavy atom. The van der Waals surface area contributed by atoms with Crippen LogP contribution in [0.25, 0.3) is 0 Å². The zero-order chi connectivity index (χ0) is 22.0. The molecule has 2 aromatic rings. The zero-order valence-electron chi connectivity index (χ0n) is 17.7. The maximum atomic E-state index is 13.2. The van der Waals surface area contributed by atoms with Gasteiger partial charge in [-0.15, -0.1) is 0 Å². The summed E-state index contributed by atoms with van der Waals surface area (Å²) in [7, 11) is -3.60. The van der Waals surface area contributed by atoms with Crippen molar-refractivity contribution in [3.8, 4) is 0 Å². The highest BCUT2D eigenvalue weighted by molar-refractivity contribution is 7.89. The molecule has 0 unspecified atom stereocenters. The van der Waals surface area contributed by atoms with Gasteiger partial charge in [0.25, 0.3) is 0 Å². The van der Waals surface area contributed by atoms with Gasteiger partial charge in [-0.3, -0.25) is 4.79 Å². The van der Waals surface area contributed by atoms with Crippen molar-refractivity contribution >= 4 is 21.6 Å². The van der Waals surface area contributed by atoms with E-state index in [4.69, 9.17) is 0 Å². The molecule has 2 aliphatic rings. The van der Waals surface area contributed by atoms with Gasteiger partial charge in [0.2, 0.25) is 15.9 Å². The van der Waals surface area contributed by atoms with Crippen LogP contribution in [0.15, 0.2) is 53.4 Å². The van der Waals surface area contributed by atoms with Crippen LogP contribution in [0.2, 0.25) is 0 Å². The summed E-state index contributed by atoms with van der Waals surface area (Å²) in [5, 5.41) is 0. The van der Waals surface area contributed by atoms with E-state index in [0.29, 0.717) is 45.6 Å². The number of nitrogens with zero attached hydrogens (tertiary/aromatic N) is 3. The van der Waals surface area contributed by atoms with Gasteiger partial charge in [-0.25, -0.2) is 12.8 Å². The molecule has 1 atom stereocenters. The first-order valence-corrected chi connectivity index (χ1v) is 12.1. The zero-order valence-corrected chi connectivity index (χ0v) is 18.5. The van der Waals surface area contributed by atoms with Gasteiger partial charge in [-0.1, -0.05) is 17.7 Å². The smallest absolute Gasteiger partial charge is 0.243 e. The lowest BCUT2D eigenvalue weighted by atomic mass is 9.97. The molecule has 0 spiro atoms. The van der Waals surface area contributed by atoms with Gasteiger partial charge in [0.1, 0.15) is 5.82 Å². The average Bonchev–Trinajstić information content (AvgIpc) is 2.80. The van der Waals surface area contributed by atoms with E-state index >= 15 is 0 Å². The molecule has 166 valence electrons. The fraction of sp³-hybridized carbons (Fsp3) is 0.435. The van der Waals surface area contributed by atoms with E-state index in [1.54, 1.807) is 36.4 Å². The summed E-state index contributed by atoms with van der Waals surface area (Å²) in [5.41, 5.74) is 1.95. The highest BCUT2D eigenvalue weighted by atomic mass is 32.2. The molecule has 0 saturated carbocycles. The molecule has 0 aromatic heterocycles. The Balaban J connectivity index is 1.38. The summed E-state index contributed by atoms with van der Waals surface area (Å²) in [5.74, 6) is -0.547. The van der Waals surface area contributed by atoms with E-state index in [1.165, 1.54) is 16.4 Å². The van der Waals surface area contributed by atoms with Crippen LogP contribution >= 0.6 is 0 Å². The van der Waals surface area contributed by atoms with Crippen LogP contribution in [0.1, 0.15) is 18.4 Å². The van der Waals surface area contributed by atoms with Gasteiger partial charge in [-0.2, -0.15) is 4.31 Å². The monoisotopic (exact) mass is 445 g/mol. The molecular formula is C23H28FN3O3S. The second kappa shape index (κ2) is 8.96. The summed E-state index contributed by atoms with van der Waals surface area (Å²) in [6.07, 6.45) is 1.38. The molecule has 2 fully saturated rings. The third kappa shape index (κ3) is 4.75. The number of sulfonamides is 1. The van der Waals surface area contributed by atoms with Crippen molar-refractivity contribution in [2.75, 3.05) is 44.2 Å². The Morgan fingerprint density at radius 1 is 0.935 bits per heavy atom. The number of carbonyl (C=O) groups is 1. The molecule has 8 heteroatoms. The van der Waals surface area contributed by atoms with Crippen molar-refractivity contribution in [2.45, 2.75) is 24.7 Å². The number of hydrogen-bond acceptors (Lipinski definition) is 4. The molecule has 1 amide bonds. The largest absolute Gasteiger partial charge is 0.368 e. The van der Waals surface area contributed by atoms with E-state index in [0.717, 1.165) is 11.3 Å². The number of halogens is 1. The molecule has 0 N–H and O–H groups in total. The number of benzene rings is 2. The fourth-order valence-corrected chi connectivity index (χ4v) is 5.84. The van der Waals surface area contributed by atoms with Gasteiger partial charge in [0, 0.05) is 45.0 Å². The summed E-state index contributed by atoms with van der Waals surface area (Å²) in [6, 6.07) is 13.2. The molecule has 2 saturated heterocycles. The maximum absolute atomic E-state index is 13.2. The van der Waals surface area contributed by atoms with Crippen LogP contribution in [0.4, 0.5) is 10.1 Å². The summed E-state index contributed by atoms with van der Waals surface area (Å²) in [4.78, 5) is 17.4. The predicted molar refractivity (Wildman–Crippen MR) is 118 cm³/mol. The van der Waals surface area contributed by atoms with E-state index < -0.39 is 10.0 Å². The van der Waals surface area contributed by atoms with Crippen LogP contribution in [-0.2, 0) is 14.8 Å². The second-order valence-corrected chi connectivity index (χ2v) is 10.2. The van der Waals surface area contributed by atoms with Gasteiger partial charge >= 0.3 is 0 Å². The molecule has 0 radical (unpaired) electrons. The van der Waals surface area contributed by atoms with Crippen molar-refractivity contribution in [3.05, 3.63) is 59.9 Å². The number of hydrogen-bond donors (Lipinski definition) is 0. The lowest BCUT2D eigenvalue weighted by Gasteiger charge is -2.39. The first kappa shape index (κ1) is 21.8. The SMILES string of the molecule is Cc1ccc(S(=O)(=O)N2CCC[C@H](C(=O)N3CCN(c4ccc(F)cc4)CC3)C2)cc1. The van der Waals surface area contributed by atoms with Crippen LogP contribution in [0.3, 0.4) is 0 Å². The molecule has 2 aromatic carbocycles. The quantitative estimate of drug-likeness (QED) is 0.726. The number of carbonyl (C=O) groups excluding carboxylic acids is 1. The Bertz CT molecular complexity index is 1020. The Labute approximate surface area is 183 Å². The third-order valence-electron chi connectivity index (χ3n) is 6.18. The number of piperidine rings is 1. The minimum atomic E-state index is -3.60. The molecule has 0 aliphatic carbocycles. The maximum Gasteiger partial charge on any atom is 0.243 e. The molecule has 6 nitrogen and oxygen atoms in total. The average molecular weight is 446 g/mol. The van der Waals surface area contributed by atoms with Crippen LogP contribution < -0.4 is 4.90 Å². The standard InChI is InChI=1S/C23H28FN3O3S/c1-18-4-10-22(11-5-18)31(29,30)27-12-2-3-19(17-27)23(28)26-15-13-25(14-16-26)21-8-6-20(24)7-9-21/h4-11,19H,2-3,12-17H2,1H3/t19-/m0/s1.